The maximum atomic E-state index is 5.37. The third kappa shape index (κ3) is 4.56. The third-order valence-corrected chi connectivity index (χ3v) is 15.6. The highest BCUT2D eigenvalue weighted by atomic mass is 14.9. The number of rotatable bonds is 3. The summed E-state index contributed by atoms with van der Waals surface area (Å²) in [5.41, 5.74) is 15.2. The normalized spacial score (nSPS) is 31.6. The van der Waals surface area contributed by atoms with Gasteiger partial charge in [0, 0.05) is 28.4 Å². The first-order valence-electron chi connectivity index (χ1n) is 21.4. The van der Waals surface area contributed by atoms with E-state index in [9.17, 15) is 0 Å². The van der Waals surface area contributed by atoms with E-state index in [1.54, 1.807) is 22.3 Å². The molecule has 1 spiro atoms. The second-order valence-electron chi connectivity index (χ2n) is 17.9. The highest BCUT2D eigenvalue weighted by molar-refractivity contribution is 5.91. The predicted molar refractivity (Wildman–Crippen MR) is 228 cm³/mol. The second kappa shape index (κ2) is 12.6. The Morgan fingerprint density at radius 2 is 1.23 bits per heavy atom. The van der Waals surface area contributed by atoms with Gasteiger partial charge in [0.05, 0.1) is 11.4 Å². The van der Waals surface area contributed by atoms with Gasteiger partial charge in [0.1, 0.15) is 5.82 Å². The van der Waals surface area contributed by atoms with Gasteiger partial charge in [-0.3, -0.25) is 0 Å². The van der Waals surface area contributed by atoms with Crippen molar-refractivity contribution >= 4 is 5.57 Å². The first-order chi connectivity index (χ1) is 27.7. The fraction of sp³-hybridized carbons (Fsp3) is 0.296. The third-order valence-electron chi connectivity index (χ3n) is 15.6. The molecule has 0 aliphatic heterocycles. The number of benzene rings is 5. The lowest BCUT2D eigenvalue weighted by Crippen LogP contribution is -2.48. The molecule has 2 fully saturated rings. The first-order valence-corrected chi connectivity index (χ1v) is 21.4. The van der Waals surface area contributed by atoms with Crippen LogP contribution >= 0.6 is 0 Å². The van der Waals surface area contributed by atoms with Crippen LogP contribution in [0.25, 0.3) is 39.2 Å². The van der Waals surface area contributed by atoms with Crippen molar-refractivity contribution in [1.29, 1.82) is 0 Å². The van der Waals surface area contributed by atoms with Crippen molar-refractivity contribution < 1.29 is 0 Å². The molecule has 56 heavy (non-hydrogen) atoms. The van der Waals surface area contributed by atoms with E-state index in [1.807, 2.05) is 0 Å². The van der Waals surface area contributed by atoms with Crippen LogP contribution in [-0.4, -0.2) is 9.97 Å². The highest BCUT2D eigenvalue weighted by Gasteiger charge is 2.69. The topological polar surface area (TPSA) is 25.8 Å². The summed E-state index contributed by atoms with van der Waals surface area (Å²) in [6, 6.07) is 52.0. The molecule has 5 aromatic carbocycles. The number of hydrogen-bond acceptors (Lipinski definition) is 2. The standard InChI is InChI=1S/C54H48N2/c1-33-51-42-25-11-10-21-38(42)37-20-8-9-22-39(37)44(51)31-45-41-24-13-15-27-47(41)54(52(33)45)46-26-14-12-23-40(46)43-30-36(28-29-48(43)54)53-55-49(34-16-4-2-5-17-34)32-50(56-53)35-18-6-3-7-19-35/h2-12,14,16-23,25-26,28-29,31-33,36,41,43,45,47-48,51-52H,13,15,24,27,30H2,1H3. The van der Waals surface area contributed by atoms with Gasteiger partial charge in [-0.1, -0.05) is 171 Å². The largest absolute Gasteiger partial charge is 0.232 e. The van der Waals surface area contributed by atoms with Crippen molar-refractivity contribution in [3.05, 3.63) is 186 Å². The van der Waals surface area contributed by atoms with Crippen molar-refractivity contribution in [1.82, 2.24) is 9.97 Å². The molecule has 2 heteroatoms. The monoisotopic (exact) mass is 724 g/mol. The Kier molecular flexibility index (Phi) is 7.38. The summed E-state index contributed by atoms with van der Waals surface area (Å²) < 4.78 is 0. The zero-order valence-corrected chi connectivity index (χ0v) is 32.1. The van der Waals surface area contributed by atoms with E-state index >= 15 is 0 Å². The summed E-state index contributed by atoms with van der Waals surface area (Å²) in [6.07, 6.45) is 14.6. The highest BCUT2D eigenvalue weighted by Crippen LogP contribution is 2.75. The molecule has 10 unspecified atom stereocenters. The van der Waals surface area contributed by atoms with Crippen LogP contribution in [0.5, 0.6) is 0 Å². The summed E-state index contributed by atoms with van der Waals surface area (Å²) in [6.45, 7) is 2.67. The number of nitrogens with zero attached hydrogens (tertiary/aromatic N) is 2. The molecule has 12 rings (SSSR count). The average Bonchev–Trinajstić information content (AvgIpc) is 3.74. The van der Waals surface area contributed by atoms with E-state index in [0.717, 1.165) is 40.7 Å². The van der Waals surface area contributed by atoms with Gasteiger partial charge in [0.15, 0.2) is 0 Å². The van der Waals surface area contributed by atoms with Crippen LogP contribution in [-0.2, 0) is 5.41 Å². The molecule has 10 atom stereocenters. The number of fused-ring (bicyclic) bond motifs is 16. The molecular formula is C54H48N2. The Balaban J connectivity index is 1.02. The minimum absolute atomic E-state index is 0.119. The zero-order chi connectivity index (χ0) is 37.0. The summed E-state index contributed by atoms with van der Waals surface area (Å²) in [7, 11) is 0. The Labute approximate surface area is 331 Å². The second-order valence-corrected chi connectivity index (χ2v) is 17.9. The molecule has 0 radical (unpaired) electrons. The van der Waals surface area contributed by atoms with Crippen LogP contribution in [0, 0.1) is 35.5 Å². The molecule has 6 aliphatic rings. The quantitative estimate of drug-likeness (QED) is 0.170. The van der Waals surface area contributed by atoms with E-state index in [2.05, 4.69) is 165 Å². The fourth-order valence-corrected chi connectivity index (χ4v) is 13.8. The smallest absolute Gasteiger partial charge is 0.136 e. The van der Waals surface area contributed by atoms with Gasteiger partial charge in [-0.05, 0) is 106 Å². The van der Waals surface area contributed by atoms with Crippen molar-refractivity contribution in [3.8, 4) is 33.6 Å². The molecule has 0 saturated heterocycles. The summed E-state index contributed by atoms with van der Waals surface area (Å²) >= 11 is 0. The van der Waals surface area contributed by atoms with Crippen LogP contribution in [0.1, 0.15) is 84.9 Å². The Hall–Kier alpha value is -5.34. The van der Waals surface area contributed by atoms with Crippen LogP contribution in [0.15, 0.2) is 158 Å². The number of allylic oxidation sites excluding steroid dienone is 4. The summed E-state index contributed by atoms with van der Waals surface area (Å²) in [5, 5.41) is 0. The molecule has 1 heterocycles. The molecular weight excluding hydrogens is 677 g/mol. The molecule has 6 aromatic rings. The lowest BCUT2D eigenvalue weighted by molar-refractivity contribution is 0.0969. The van der Waals surface area contributed by atoms with Crippen molar-refractivity contribution in [2.24, 2.45) is 35.5 Å². The molecule has 6 aliphatic carbocycles. The van der Waals surface area contributed by atoms with E-state index in [1.165, 1.54) is 42.4 Å². The van der Waals surface area contributed by atoms with E-state index < -0.39 is 0 Å². The van der Waals surface area contributed by atoms with Gasteiger partial charge < -0.3 is 0 Å². The van der Waals surface area contributed by atoms with Gasteiger partial charge in [0.25, 0.3) is 0 Å². The molecule has 0 N–H and O–H groups in total. The predicted octanol–water partition coefficient (Wildman–Crippen LogP) is 13.1. The Morgan fingerprint density at radius 3 is 1.98 bits per heavy atom. The van der Waals surface area contributed by atoms with Crippen LogP contribution in [0.4, 0.5) is 0 Å². The van der Waals surface area contributed by atoms with Crippen molar-refractivity contribution in [2.75, 3.05) is 0 Å². The lowest BCUT2D eigenvalue weighted by atomic mass is 9.51. The van der Waals surface area contributed by atoms with Gasteiger partial charge in [-0.15, -0.1) is 0 Å². The zero-order valence-electron chi connectivity index (χ0n) is 32.1. The average molecular weight is 725 g/mol. The SMILES string of the molecule is CC1C2C(=CC3C4CCCCC4C4(c5ccccc5C5CC(c6nc(-c7ccccc7)cc(-c7ccccc7)n6)C=CC54)C13)c1ccccc1-c1ccccc12. The minimum atomic E-state index is 0.119. The molecule has 2 nitrogen and oxygen atoms in total. The van der Waals surface area contributed by atoms with Crippen LogP contribution in [0.3, 0.4) is 0 Å². The summed E-state index contributed by atoms with van der Waals surface area (Å²) in [5.74, 6) is 5.57. The van der Waals surface area contributed by atoms with Gasteiger partial charge >= 0.3 is 0 Å². The van der Waals surface area contributed by atoms with E-state index in [0.29, 0.717) is 41.4 Å². The lowest BCUT2D eigenvalue weighted by Gasteiger charge is -2.52. The Bertz CT molecular complexity index is 2490. The van der Waals surface area contributed by atoms with Crippen LogP contribution < -0.4 is 0 Å². The maximum absolute atomic E-state index is 5.37. The molecule has 2 saturated carbocycles. The van der Waals surface area contributed by atoms with Gasteiger partial charge in [-0.25, -0.2) is 9.97 Å². The van der Waals surface area contributed by atoms with Crippen LogP contribution in [0.2, 0.25) is 0 Å². The van der Waals surface area contributed by atoms with Crippen molar-refractivity contribution in [3.63, 3.8) is 0 Å². The van der Waals surface area contributed by atoms with E-state index in [-0.39, 0.29) is 11.3 Å². The van der Waals surface area contributed by atoms with Gasteiger partial charge in [0.2, 0.25) is 0 Å². The molecule has 274 valence electrons. The first kappa shape index (κ1) is 32.9. The Morgan fingerprint density at radius 1 is 0.607 bits per heavy atom. The summed E-state index contributed by atoms with van der Waals surface area (Å²) in [4.78, 5) is 10.7. The fourth-order valence-electron chi connectivity index (χ4n) is 13.8. The molecule has 0 amide bonds. The number of hydrogen-bond donors (Lipinski definition) is 0. The maximum Gasteiger partial charge on any atom is 0.136 e. The molecule has 0 bridgehead atoms. The minimum Gasteiger partial charge on any atom is -0.232 e. The van der Waals surface area contributed by atoms with E-state index in [4.69, 9.17) is 9.97 Å². The number of aromatic nitrogens is 2. The van der Waals surface area contributed by atoms with Gasteiger partial charge in [-0.2, -0.15) is 0 Å². The van der Waals surface area contributed by atoms with Crippen molar-refractivity contribution in [2.45, 2.75) is 62.2 Å². The molecule has 1 aromatic heterocycles.